The Labute approximate surface area is 212 Å². The molecule has 0 aliphatic heterocycles. The molecular weight excluding hydrogens is 470 g/mol. The number of hydrogen-bond donors (Lipinski definition) is 0. The number of para-hydroxylation sites is 5. The van der Waals surface area contributed by atoms with Crippen molar-refractivity contribution in [2.45, 2.75) is 5.16 Å². The third kappa shape index (κ3) is 4.61. The minimum absolute atomic E-state index is 0.0731. The summed E-state index contributed by atoms with van der Waals surface area (Å²) in [5.41, 5.74) is 2.46. The molecule has 0 aliphatic rings. The van der Waals surface area contributed by atoms with Crippen molar-refractivity contribution >= 4 is 39.9 Å². The lowest BCUT2D eigenvalue weighted by Crippen LogP contribution is -2.28. The third-order valence-electron chi connectivity index (χ3n) is 5.67. The molecule has 1 amide bonds. The van der Waals surface area contributed by atoms with E-state index in [0.29, 0.717) is 27.5 Å². The normalized spacial score (nSPS) is 10.8. The molecular formula is C29H23N3O3S. The summed E-state index contributed by atoms with van der Waals surface area (Å²) in [7, 11) is 1.56. The van der Waals surface area contributed by atoms with Crippen LogP contribution in [-0.4, -0.2) is 28.3 Å². The van der Waals surface area contributed by atoms with E-state index in [1.165, 1.54) is 16.3 Å². The fourth-order valence-electron chi connectivity index (χ4n) is 4.02. The highest BCUT2D eigenvalue weighted by molar-refractivity contribution is 7.99. The van der Waals surface area contributed by atoms with Crippen molar-refractivity contribution < 1.29 is 9.53 Å². The number of amides is 1. The number of aromatic nitrogens is 2. The van der Waals surface area contributed by atoms with Crippen molar-refractivity contribution in [2.24, 2.45) is 0 Å². The highest BCUT2D eigenvalue weighted by Gasteiger charge is 2.21. The minimum Gasteiger partial charge on any atom is -0.495 e. The Morgan fingerprint density at radius 3 is 2.08 bits per heavy atom. The van der Waals surface area contributed by atoms with E-state index in [4.69, 9.17) is 9.72 Å². The van der Waals surface area contributed by atoms with Crippen LogP contribution in [0.15, 0.2) is 119 Å². The van der Waals surface area contributed by atoms with Crippen molar-refractivity contribution in [1.82, 2.24) is 9.55 Å². The Balaban J connectivity index is 1.56. The quantitative estimate of drug-likeness (QED) is 0.210. The van der Waals surface area contributed by atoms with E-state index >= 15 is 0 Å². The Morgan fingerprint density at radius 2 is 1.42 bits per heavy atom. The number of anilines is 2. The van der Waals surface area contributed by atoms with E-state index in [9.17, 15) is 9.59 Å². The summed E-state index contributed by atoms with van der Waals surface area (Å²) in [4.78, 5) is 33.6. The van der Waals surface area contributed by atoms with Gasteiger partial charge >= 0.3 is 0 Å². The smallest absolute Gasteiger partial charge is 0.266 e. The average molecular weight is 494 g/mol. The lowest BCUT2D eigenvalue weighted by Gasteiger charge is -2.23. The van der Waals surface area contributed by atoms with Gasteiger partial charge in [0, 0.05) is 11.4 Å². The van der Waals surface area contributed by atoms with Crippen LogP contribution in [-0.2, 0) is 4.79 Å². The second-order valence-electron chi connectivity index (χ2n) is 7.91. The Bertz CT molecular complexity index is 1530. The minimum atomic E-state index is -0.219. The van der Waals surface area contributed by atoms with Crippen LogP contribution in [0, 0.1) is 0 Å². The predicted octanol–water partition coefficient (Wildman–Crippen LogP) is 5.85. The summed E-state index contributed by atoms with van der Waals surface area (Å²) in [5, 5.41) is 0.909. The van der Waals surface area contributed by atoms with Gasteiger partial charge in [0.15, 0.2) is 5.16 Å². The second kappa shape index (κ2) is 10.5. The number of benzene rings is 4. The van der Waals surface area contributed by atoms with Crippen LogP contribution >= 0.6 is 11.8 Å². The number of carbonyl (C=O) groups excluding carboxylic acids is 1. The molecule has 0 spiro atoms. The fourth-order valence-corrected chi connectivity index (χ4v) is 4.87. The molecule has 0 fully saturated rings. The van der Waals surface area contributed by atoms with Crippen molar-refractivity contribution in [2.75, 3.05) is 17.8 Å². The highest BCUT2D eigenvalue weighted by atomic mass is 32.2. The van der Waals surface area contributed by atoms with Gasteiger partial charge in [0.05, 0.1) is 29.5 Å². The summed E-state index contributed by atoms with van der Waals surface area (Å²) in [6.07, 6.45) is 0. The summed E-state index contributed by atoms with van der Waals surface area (Å²) >= 11 is 1.22. The van der Waals surface area contributed by atoms with Gasteiger partial charge in [-0.2, -0.15) is 0 Å². The molecule has 0 atom stereocenters. The molecule has 4 aromatic carbocycles. The van der Waals surface area contributed by atoms with Crippen LogP contribution in [0.3, 0.4) is 0 Å². The zero-order valence-corrected chi connectivity index (χ0v) is 20.4. The molecule has 0 saturated carbocycles. The molecule has 5 rings (SSSR count). The highest BCUT2D eigenvalue weighted by Crippen LogP contribution is 2.30. The number of nitrogens with zero attached hydrogens (tertiary/aromatic N) is 3. The first-order chi connectivity index (χ1) is 17.7. The topological polar surface area (TPSA) is 64.4 Å². The maximum atomic E-state index is 13.6. The summed E-state index contributed by atoms with van der Waals surface area (Å²) in [5.74, 6) is 0.482. The maximum Gasteiger partial charge on any atom is 0.266 e. The molecule has 5 aromatic rings. The van der Waals surface area contributed by atoms with Gasteiger partial charge in [-0.25, -0.2) is 4.98 Å². The summed E-state index contributed by atoms with van der Waals surface area (Å²) in [6.45, 7) is 0. The number of fused-ring (bicyclic) bond motifs is 1. The standard InChI is InChI=1S/C29H23N3O3S/c1-35-26-19-11-10-18-25(26)32-28(34)23-16-8-9-17-24(23)30-29(32)36-20-27(33)31(21-12-4-2-5-13-21)22-14-6-3-7-15-22/h2-19H,20H2,1H3. The van der Waals surface area contributed by atoms with Crippen LogP contribution in [0.25, 0.3) is 16.6 Å². The van der Waals surface area contributed by atoms with E-state index in [0.717, 1.165) is 11.4 Å². The number of thioether (sulfide) groups is 1. The second-order valence-corrected chi connectivity index (χ2v) is 8.86. The number of carbonyl (C=O) groups is 1. The molecule has 1 aromatic heterocycles. The Morgan fingerprint density at radius 1 is 0.833 bits per heavy atom. The molecule has 0 radical (unpaired) electrons. The zero-order chi connectivity index (χ0) is 24.9. The average Bonchev–Trinajstić information content (AvgIpc) is 2.93. The van der Waals surface area contributed by atoms with Crippen LogP contribution in [0.4, 0.5) is 11.4 Å². The van der Waals surface area contributed by atoms with Crippen LogP contribution < -0.4 is 15.2 Å². The van der Waals surface area contributed by atoms with Gasteiger partial charge in [-0.05, 0) is 48.5 Å². The van der Waals surface area contributed by atoms with Crippen LogP contribution in [0.2, 0.25) is 0 Å². The van der Waals surface area contributed by atoms with Crippen molar-refractivity contribution in [3.05, 3.63) is 120 Å². The van der Waals surface area contributed by atoms with E-state index < -0.39 is 0 Å². The molecule has 1 heterocycles. The molecule has 0 unspecified atom stereocenters. The Kier molecular flexibility index (Phi) is 6.82. The number of rotatable bonds is 7. The van der Waals surface area contributed by atoms with Gasteiger partial charge in [0.25, 0.3) is 5.56 Å². The maximum absolute atomic E-state index is 13.6. The molecule has 0 aliphatic carbocycles. The Hall–Kier alpha value is -4.36. The summed E-state index contributed by atoms with van der Waals surface area (Å²) < 4.78 is 7.05. The van der Waals surface area contributed by atoms with E-state index in [1.807, 2.05) is 91.0 Å². The SMILES string of the molecule is COc1ccccc1-n1c(SCC(=O)N(c2ccccc2)c2ccccc2)nc2ccccc2c1=O. The predicted molar refractivity (Wildman–Crippen MR) is 145 cm³/mol. The molecule has 178 valence electrons. The lowest BCUT2D eigenvalue weighted by molar-refractivity contribution is -0.115. The first-order valence-corrected chi connectivity index (χ1v) is 12.4. The van der Waals surface area contributed by atoms with Gasteiger partial charge in [-0.3, -0.25) is 19.1 Å². The monoisotopic (exact) mass is 493 g/mol. The zero-order valence-electron chi connectivity index (χ0n) is 19.6. The van der Waals surface area contributed by atoms with Crippen LogP contribution in [0.5, 0.6) is 5.75 Å². The third-order valence-corrected chi connectivity index (χ3v) is 6.60. The van der Waals surface area contributed by atoms with Crippen molar-refractivity contribution in [1.29, 1.82) is 0 Å². The molecule has 0 saturated heterocycles. The lowest BCUT2D eigenvalue weighted by atomic mass is 10.2. The first-order valence-electron chi connectivity index (χ1n) is 11.4. The number of ether oxygens (including phenoxy) is 1. The van der Waals surface area contributed by atoms with Gasteiger partial charge in [-0.15, -0.1) is 0 Å². The summed E-state index contributed by atoms with van der Waals surface area (Å²) in [6, 6.07) is 33.5. The van der Waals surface area contributed by atoms with E-state index in [2.05, 4.69) is 0 Å². The van der Waals surface area contributed by atoms with Gasteiger partial charge < -0.3 is 4.74 Å². The largest absolute Gasteiger partial charge is 0.495 e. The van der Waals surface area contributed by atoms with E-state index in [-0.39, 0.29) is 17.2 Å². The van der Waals surface area contributed by atoms with Crippen LogP contribution in [0.1, 0.15) is 0 Å². The molecule has 7 heteroatoms. The molecule has 0 bridgehead atoms. The van der Waals surface area contributed by atoms with E-state index in [1.54, 1.807) is 30.2 Å². The molecule has 6 nitrogen and oxygen atoms in total. The first kappa shape index (κ1) is 23.4. The number of methoxy groups -OCH3 is 1. The molecule has 0 N–H and O–H groups in total. The molecule has 36 heavy (non-hydrogen) atoms. The fraction of sp³-hybridized carbons (Fsp3) is 0.0690. The van der Waals surface area contributed by atoms with Gasteiger partial charge in [0.2, 0.25) is 5.91 Å². The van der Waals surface area contributed by atoms with Crippen molar-refractivity contribution in [3.63, 3.8) is 0 Å². The number of hydrogen-bond acceptors (Lipinski definition) is 5. The van der Waals surface area contributed by atoms with Gasteiger partial charge in [0.1, 0.15) is 5.75 Å². The van der Waals surface area contributed by atoms with Crippen molar-refractivity contribution in [3.8, 4) is 11.4 Å². The van der Waals surface area contributed by atoms with Gasteiger partial charge in [-0.1, -0.05) is 72.4 Å².